The Morgan fingerprint density at radius 3 is 2.80 bits per heavy atom. The van der Waals surface area contributed by atoms with Crippen molar-refractivity contribution in [3.8, 4) is 0 Å². The van der Waals surface area contributed by atoms with Gasteiger partial charge < -0.3 is 16.2 Å². The summed E-state index contributed by atoms with van der Waals surface area (Å²) in [5, 5.41) is 12.5. The molecule has 2 atom stereocenters. The van der Waals surface area contributed by atoms with E-state index in [1.165, 1.54) is 0 Å². The van der Waals surface area contributed by atoms with Crippen LogP contribution in [0, 0.1) is 0 Å². The molecule has 0 saturated heterocycles. The van der Waals surface area contributed by atoms with E-state index < -0.39 is 0 Å². The monoisotopic (exact) mass is 144 g/mol. The predicted molar refractivity (Wildman–Crippen MR) is 40.7 cm³/mol. The lowest BCUT2D eigenvalue weighted by Gasteiger charge is -2.14. The Morgan fingerprint density at radius 1 is 1.50 bits per heavy atom. The summed E-state index contributed by atoms with van der Waals surface area (Å²) in [5.74, 6) is 0. The lowest BCUT2D eigenvalue weighted by atomic mass is 10.2. The molecule has 0 aromatic rings. The third-order valence-electron chi connectivity index (χ3n) is 2.03. The van der Waals surface area contributed by atoms with E-state index in [0.717, 1.165) is 25.8 Å². The zero-order valence-corrected chi connectivity index (χ0v) is 6.21. The zero-order chi connectivity index (χ0) is 7.40. The summed E-state index contributed by atoms with van der Waals surface area (Å²) in [6, 6.07) is 0.309. The van der Waals surface area contributed by atoms with Gasteiger partial charge in [-0.25, -0.2) is 0 Å². The molecule has 0 aliphatic heterocycles. The fraction of sp³-hybridized carbons (Fsp3) is 1.00. The minimum absolute atomic E-state index is 0.133. The lowest BCUT2D eigenvalue weighted by molar-refractivity contribution is 0.150. The molecule has 0 aromatic carbocycles. The number of aliphatic hydroxyl groups excluding tert-OH is 1. The van der Waals surface area contributed by atoms with Crippen LogP contribution in [0.25, 0.3) is 0 Å². The van der Waals surface area contributed by atoms with Crippen LogP contribution in [0.2, 0.25) is 0 Å². The van der Waals surface area contributed by atoms with Gasteiger partial charge in [0.15, 0.2) is 0 Å². The third-order valence-corrected chi connectivity index (χ3v) is 2.03. The fourth-order valence-corrected chi connectivity index (χ4v) is 1.45. The molecule has 1 fully saturated rings. The van der Waals surface area contributed by atoms with Crippen LogP contribution in [-0.2, 0) is 0 Å². The van der Waals surface area contributed by atoms with E-state index in [4.69, 9.17) is 5.73 Å². The van der Waals surface area contributed by atoms with Crippen molar-refractivity contribution in [3.63, 3.8) is 0 Å². The van der Waals surface area contributed by atoms with Crippen LogP contribution in [0.5, 0.6) is 0 Å². The van der Waals surface area contributed by atoms with Crippen molar-refractivity contribution in [3.05, 3.63) is 0 Å². The van der Waals surface area contributed by atoms with Crippen molar-refractivity contribution in [1.82, 2.24) is 5.32 Å². The number of nitrogens with two attached hydrogens (primary N) is 1. The minimum Gasteiger partial charge on any atom is -0.392 e. The van der Waals surface area contributed by atoms with Crippen LogP contribution in [0.4, 0.5) is 0 Å². The second kappa shape index (κ2) is 3.91. The predicted octanol–water partition coefficient (Wildman–Crippen LogP) is -0.552. The molecule has 0 heterocycles. The van der Waals surface area contributed by atoms with Crippen LogP contribution in [0.15, 0.2) is 0 Å². The van der Waals surface area contributed by atoms with Gasteiger partial charge in [0.25, 0.3) is 0 Å². The normalized spacial score (nSPS) is 33.0. The fourth-order valence-electron chi connectivity index (χ4n) is 1.45. The van der Waals surface area contributed by atoms with Gasteiger partial charge in [-0.05, 0) is 19.3 Å². The molecule has 0 amide bonds. The van der Waals surface area contributed by atoms with Crippen LogP contribution in [0.1, 0.15) is 19.3 Å². The number of hydrogen-bond acceptors (Lipinski definition) is 3. The second-order valence-corrected chi connectivity index (χ2v) is 2.85. The first-order valence-corrected chi connectivity index (χ1v) is 3.96. The van der Waals surface area contributed by atoms with Crippen LogP contribution in [-0.4, -0.2) is 30.3 Å². The largest absolute Gasteiger partial charge is 0.392 e. The molecule has 0 spiro atoms. The molecule has 3 nitrogen and oxygen atoms in total. The van der Waals surface area contributed by atoms with E-state index in [0.29, 0.717) is 12.6 Å². The lowest BCUT2D eigenvalue weighted by Crippen LogP contribution is -2.38. The molecule has 0 radical (unpaired) electrons. The highest BCUT2D eigenvalue weighted by Crippen LogP contribution is 2.18. The van der Waals surface area contributed by atoms with Crippen LogP contribution >= 0.6 is 0 Å². The Kier molecular flexibility index (Phi) is 3.12. The van der Waals surface area contributed by atoms with Gasteiger partial charge >= 0.3 is 0 Å². The first kappa shape index (κ1) is 7.98. The Hall–Kier alpha value is -0.120. The quantitative estimate of drug-likeness (QED) is 0.498. The molecule has 1 aliphatic rings. The SMILES string of the molecule is NCCNC1CCCC1O. The summed E-state index contributed by atoms with van der Waals surface area (Å²) >= 11 is 0. The van der Waals surface area contributed by atoms with Crippen molar-refractivity contribution >= 4 is 0 Å². The molecule has 3 heteroatoms. The van der Waals surface area contributed by atoms with Gasteiger partial charge in [0.1, 0.15) is 0 Å². The summed E-state index contributed by atoms with van der Waals surface area (Å²) in [5.41, 5.74) is 5.31. The maximum atomic E-state index is 9.31. The van der Waals surface area contributed by atoms with E-state index in [2.05, 4.69) is 5.32 Å². The van der Waals surface area contributed by atoms with Crippen molar-refractivity contribution in [2.45, 2.75) is 31.4 Å². The maximum absolute atomic E-state index is 9.31. The number of aliphatic hydroxyl groups is 1. The van der Waals surface area contributed by atoms with Gasteiger partial charge in [-0.15, -0.1) is 0 Å². The zero-order valence-electron chi connectivity index (χ0n) is 6.21. The third kappa shape index (κ3) is 1.94. The van der Waals surface area contributed by atoms with Crippen LogP contribution in [0.3, 0.4) is 0 Å². The molecule has 1 saturated carbocycles. The Balaban J connectivity index is 2.14. The first-order valence-electron chi connectivity index (χ1n) is 3.96. The highest BCUT2D eigenvalue weighted by Gasteiger charge is 2.23. The molecule has 4 N–H and O–H groups in total. The highest BCUT2D eigenvalue weighted by atomic mass is 16.3. The van der Waals surface area contributed by atoms with E-state index in [9.17, 15) is 5.11 Å². The molecule has 10 heavy (non-hydrogen) atoms. The van der Waals surface area contributed by atoms with Crippen molar-refractivity contribution in [1.29, 1.82) is 0 Å². The van der Waals surface area contributed by atoms with E-state index >= 15 is 0 Å². The number of nitrogens with one attached hydrogen (secondary N) is 1. The summed E-state index contributed by atoms with van der Waals surface area (Å²) in [4.78, 5) is 0. The summed E-state index contributed by atoms with van der Waals surface area (Å²) in [6.07, 6.45) is 3.05. The van der Waals surface area contributed by atoms with Gasteiger partial charge in [-0.3, -0.25) is 0 Å². The van der Waals surface area contributed by atoms with E-state index in [1.54, 1.807) is 0 Å². The van der Waals surface area contributed by atoms with Gasteiger partial charge in [0, 0.05) is 19.1 Å². The number of hydrogen-bond donors (Lipinski definition) is 3. The molecular formula is C7H16N2O. The highest BCUT2D eigenvalue weighted by molar-refractivity contribution is 4.82. The Bertz CT molecular complexity index is 97.6. The Morgan fingerprint density at radius 2 is 2.30 bits per heavy atom. The smallest absolute Gasteiger partial charge is 0.0693 e. The number of rotatable bonds is 3. The summed E-state index contributed by atoms with van der Waals surface area (Å²) < 4.78 is 0. The molecule has 0 aromatic heterocycles. The Labute approximate surface area is 61.6 Å². The topological polar surface area (TPSA) is 58.3 Å². The molecule has 2 unspecified atom stereocenters. The van der Waals surface area contributed by atoms with Crippen molar-refractivity contribution in [2.24, 2.45) is 5.73 Å². The maximum Gasteiger partial charge on any atom is 0.0693 e. The van der Waals surface area contributed by atoms with Crippen molar-refractivity contribution < 1.29 is 5.11 Å². The van der Waals surface area contributed by atoms with Gasteiger partial charge in [-0.2, -0.15) is 0 Å². The molecule has 60 valence electrons. The average Bonchev–Trinajstić information content (AvgIpc) is 2.31. The first-order chi connectivity index (χ1) is 4.84. The second-order valence-electron chi connectivity index (χ2n) is 2.85. The van der Waals surface area contributed by atoms with E-state index in [-0.39, 0.29) is 6.10 Å². The summed E-state index contributed by atoms with van der Waals surface area (Å²) in [6.45, 7) is 1.48. The summed E-state index contributed by atoms with van der Waals surface area (Å²) in [7, 11) is 0. The molecular weight excluding hydrogens is 128 g/mol. The average molecular weight is 144 g/mol. The van der Waals surface area contributed by atoms with Crippen LogP contribution < -0.4 is 11.1 Å². The molecule has 1 rings (SSSR count). The molecule has 0 bridgehead atoms. The van der Waals surface area contributed by atoms with Gasteiger partial charge in [0.2, 0.25) is 0 Å². The minimum atomic E-state index is -0.133. The van der Waals surface area contributed by atoms with Gasteiger partial charge in [-0.1, -0.05) is 0 Å². The van der Waals surface area contributed by atoms with E-state index in [1.807, 2.05) is 0 Å². The standard InChI is InChI=1S/C7H16N2O/c8-4-5-9-6-2-1-3-7(6)10/h6-7,9-10H,1-5,8H2. The molecule has 1 aliphatic carbocycles. The van der Waals surface area contributed by atoms with Gasteiger partial charge in [0.05, 0.1) is 6.10 Å². The van der Waals surface area contributed by atoms with Crippen molar-refractivity contribution in [2.75, 3.05) is 13.1 Å².